The van der Waals surface area contributed by atoms with Crippen LogP contribution in [0.3, 0.4) is 0 Å². The average Bonchev–Trinajstić information content (AvgIpc) is 2.47. The highest BCUT2D eigenvalue weighted by Gasteiger charge is 2.00. The lowest BCUT2D eigenvalue weighted by molar-refractivity contribution is 0.415. The van der Waals surface area contributed by atoms with Crippen molar-refractivity contribution < 1.29 is 4.74 Å². The maximum atomic E-state index is 5.12. The van der Waals surface area contributed by atoms with E-state index in [1.165, 1.54) is 10.1 Å². The van der Waals surface area contributed by atoms with Crippen LogP contribution in [0.5, 0.6) is 5.75 Å². The summed E-state index contributed by atoms with van der Waals surface area (Å²) in [6, 6.07) is 6.05. The third kappa shape index (κ3) is 1.08. The van der Waals surface area contributed by atoms with Gasteiger partial charge in [-0.25, -0.2) is 0 Å². The number of thiophene rings is 1. The second-order valence-corrected chi connectivity index (χ2v) is 3.53. The highest BCUT2D eigenvalue weighted by Crippen LogP contribution is 2.28. The maximum Gasteiger partial charge on any atom is 0.120 e. The lowest BCUT2D eigenvalue weighted by Crippen LogP contribution is -1.80. The first kappa shape index (κ1) is 7.62. The highest BCUT2D eigenvalue weighted by atomic mass is 32.1. The molecule has 0 spiro atoms. The van der Waals surface area contributed by atoms with Crippen LogP contribution in [0.1, 0.15) is 5.56 Å². The maximum absolute atomic E-state index is 5.12. The van der Waals surface area contributed by atoms with Gasteiger partial charge in [-0.05, 0) is 41.5 Å². The van der Waals surface area contributed by atoms with Gasteiger partial charge in [-0.2, -0.15) is 0 Å². The topological polar surface area (TPSA) is 9.23 Å². The summed E-state index contributed by atoms with van der Waals surface area (Å²) in [7, 11) is 1.68. The summed E-state index contributed by atoms with van der Waals surface area (Å²) in [4.78, 5) is 0. The Balaban J connectivity index is 2.69. The predicted octanol–water partition coefficient (Wildman–Crippen LogP) is 3.09. The van der Waals surface area contributed by atoms with Gasteiger partial charge in [0.15, 0.2) is 0 Å². The fourth-order valence-electron chi connectivity index (χ4n) is 1.19. The molecule has 2 aromatic rings. The van der Waals surface area contributed by atoms with Crippen molar-refractivity contribution >= 4 is 21.4 Å². The van der Waals surface area contributed by atoms with Crippen LogP contribution in [0.2, 0.25) is 0 Å². The molecule has 0 aliphatic rings. The molecule has 0 atom stereocenters. The van der Waals surface area contributed by atoms with E-state index in [1.54, 1.807) is 18.4 Å². The van der Waals surface area contributed by atoms with E-state index in [4.69, 9.17) is 4.74 Å². The van der Waals surface area contributed by atoms with Gasteiger partial charge in [0.05, 0.1) is 7.11 Å². The Morgan fingerprint density at radius 2 is 2.25 bits per heavy atom. The standard InChI is InChI=1S/C10H9OS/c1-7-6-12-10-5-8(11-2)3-4-9(7)10/h3-6H,1H2,2H3. The molecule has 0 bridgehead atoms. The van der Waals surface area contributed by atoms with E-state index in [0.29, 0.717) is 0 Å². The van der Waals surface area contributed by atoms with E-state index in [0.717, 1.165) is 11.3 Å². The number of hydrogen-bond acceptors (Lipinski definition) is 2. The molecular weight excluding hydrogens is 168 g/mol. The Labute approximate surface area is 75.6 Å². The summed E-state index contributed by atoms with van der Waals surface area (Å²) in [5, 5.41) is 3.28. The molecule has 0 unspecified atom stereocenters. The third-order valence-electron chi connectivity index (χ3n) is 1.86. The molecular formula is C10H9OS. The first-order valence-corrected chi connectivity index (χ1v) is 4.56. The highest BCUT2D eigenvalue weighted by molar-refractivity contribution is 7.17. The number of fused-ring (bicyclic) bond motifs is 1. The van der Waals surface area contributed by atoms with Crippen LogP contribution < -0.4 is 4.74 Å². The van der Waals surface area contributed by atoms with Crippen LogP contribution in [0, 0.1) is 6.92 Å². The number of ether oxygens (including phenoxy) is 1. The number of rotatable bonds is 1. The zero-order chi connectivity index (χ0) is 8.55. The fraction of sp³-hybridized carbons (Fsp3) is 0.100. The third-order valence-corrected chi connectivity index (χ3v) is 2.86. The molecule has 1 nitrogen and oxygen atoms in total. The Hall–Kier alpha value is -1.02. The van der Waals surface area contributed by atoms with Gasteiger partial charge in [-0.15, -0.1) is 11.3 Å². The summed E-state index contributed by atoms with van der Waals surface area (Å²) in [5.74, 6) is 0.907. The molecule has 0 saturated carbocycles. The van der Waals surface area contributed by atoms with Gasteiger partial charge >= 0.3 is 0 Å². The molecule has 0 aliphatic carbocycles. The quantitative estimate of drug-likeness (QED) is 0.650. The van der Waals surface area contributed by atoms with Crippen LogP contribution in [0.15, 0.2) is 23.6 Å². The van der Waals surface area contributed by atoms with Gasteiger partial charge in [0.25, 0.3) is 0 Å². The molecule has 1 aromatic carbocycles. The first-order valence-electron chi connectivity index (χ1n) is 3.68. The monoisotopic (exact) mass is 177 g/mol. The van der Waals surface area contributed by atoms with Crippen molar-refractivity contribution in [2.45, 2.75) is 0 Å². The van der Waals surface area contributed by atoms with Crippen LogP contribution >= 0.6 is 11.3 Å². The smallest absolute Gasteiger partial charge is 0.120 e. The van der Waals surface area contributed by atoms with E-state index in [9.17, 15) is 0 Å². The molecule has 2 heteroatoms. The molecule has 0 fully saturated rings. The Bertz CT molecular complexity index is 403. The molecule has 2 rings (SSSR count). The molecule has 1 aromatic heterocycles. The number of hydrogen-bond donors (Lipinski definition) is 0. The molecule has 12 heavy (non-hydrogen) atoms. The van der Waals surface area contributed by atoms with Gasteiger partial charge in [-0.3, -0.25) is 0 Å². The Morgan fingerprint density at radius 1 is 1.42 bits per heavy atom. The van der Waals surface area contributed by atoms with Crippen molar-refractivity contribution in [3.8, 4) is 5.75 Å². The lowest BCUT2D eigenvalue weighted by atomic mass is 10.2. The van der Waals surface area contributed by atoms with Crippen molar-refractivity contribution in [1.29, 1.82) is 0 Å². The SMILES string of the molecule is [CH2]c1csc2cc(OC)ccc12. The largest absolute Gasteiger partial charge is 0.497 e. The van der Waals surface area contributed by atoms with Crippen molar-refractivity contribution in [3.63, 3.8) is 0 Å². The minimum Gasteiger partial charge on any atom is -0.497 e. The summed E-state index contributed by atoms with van der Waals surface area (Å²) in [6.07, 6.45) is 0. The lowest BCUT2D eigenvalue weighted by Gasteiger charge is -1.98. The van der Waals surface area contributed by atoms with Crippen LogP contribution in [0.25, 0.3) is 10.1 Å². The number of methoxy groups -OCH3 is 1. The normalized spacial score (nSPS) is 10.5. The van der Waals surface area contributed by atoms with Crippen LogP contribution in [-0.2, 0) is 0 Å². The summed E-state index contributed by atoms with van der Waals surface area (Å²) in [5.41, 5.74) is 1.10. The Kier molecular flexibility index (Phi) is 1.77. The van der Waals surface area contributed by atoms with Crippen molar-refractivity contribution in [3.05, 3.63) is 36.1 Å². The molecule has 0 N–H and O–H groups in total. The predicted molar refractivity (Wildman–Crippen MR) is 52.8 cm³/mol. The minimum absolute atomic E-state index is 0.907. The average molecular weight is 177 g/mol. The molecule has 61 valence electrons. The van der Waals surface area contributed by atoms with E-state index in [2.05, 4.69) is 12.3 Å². The van der Waals surface area contributed by atoms with Crippen LogP contribution in [-0.4, -0.2) is 7.11 Å². The fourth-order valence-corrected chi connectivity index (χ4v) is 2.10. The molecule has 1 radical (unpaired) electrons. The van der Waals surface area contributed by atoms with Gasteiger partial charge in [-0.1, -0.05) is 0 Å². The zero-order valence-corrected chi connectivity index (χ0v) is 7.65. The molecule has 0 saturated heterocycles. The van der Waals surface area contributed by atoms with E-state index >= 15 is 0 Å². The zero-order valence-electron chi connectivity index (χ0n) is 6.83. The first-order chi connectivity index (χ1) is 5.81. The molecule has 0 amide bonds. The van der Waals surface area contributed by atoms with E-state index in [1.807, 2.05) is 18.2 Å². The van der Waals surface area contributed by atoms with Crippen LogP contribution in [0.4, 0.5) is 0 Å². The van der Waals surface area contributed by atoms with Crippen molar-refractivity contribution in [1.82, 2.24) is 0 Å². The van der Waals surface area contributed by atoms with Crippen molar-refractivity contribution in [2.75, 3.05) is 7.11 Å². The van der Waals surface area contributed by atoms with Gasteiger partial charge in [0.2, 0.25) is 0 Å². The molecule has 1 heterocycles. The van der Waals surface area contributed by atoms with E-state index < -0.39 is 0 Å². The van der Waals surface area contributed by atoms with Gasteiger partial charge in [0.1, 0.15) is 5.75 Å². The second kappa shape index (κ2) is 2.79. The Morgan fingerprint density at radius 3 is 3.00 bits per heavy atom. The van der Waals surface area contributed by atoms with E-state index in [-0.39, 0.29) is 0 Å². The minimum atomic E-state index is 0.907. The van der Waals surface area contributed by atoms with Crippen molar-refractivity contribution in [2.24, 2.45) is 0 Å². The van der Waals surface area contributed by atoms with Gasteiger partial charge < -0.3 is 4.74 Å². The van der Waals surface area contributed by atoms with Gasteiger partial charge in [0, 0.05) is 4.70 Å². The number of benzene rings is 1. The summed E-state index contributed by atoms with van der Waals surface area (Å²) < 4.78 is 6.35. The molecule has 0 aliphatic heterocycles. The second-order valence-electron chi connectivity index (χ2n) is 2.62. The summed E-state index contributed by atoms with van der Waals surface area (Å²) >= 11 is 1.70. The summed E-state index contributed by atoms with van der Waals surface area (Å²) in [6.45, 7) is 3.93.